The quantitative estimate of drug-likeness (QED) is 0.761. The molecule has 0 spiro atoms. The summed E-state index contributed by atoms with van der Waals surface area (Å²) in [6, 6.07) is 4.35. The van der Waals surface area contributed by atoms with Gasteiger partial charge in [-0.1, -0.05) is 6.07 Å². The highest BCUT2D eigenvalue weighted by atomic mass is 32.2. The van der Waals surface area contributed by atoms with Crippen LogP contribution < -0.4 is 0 Å². The van der Waals surface area contributed by atoms with E-state index >= 15 is 0 Å². The number of hydrogen-bond acceptors (Lipinski definition) is 2. The molecule has 0 bridgehead atoms. The van der Waals surface area contributed by atoms with E-state index in [2.05, 4.69) is 0 Å². The van der Waals surface area contributed by atoms with Gasteiger partial charge in [0.2, 0.25) is 0 Å². The molecule has 0 aromatic heterocycles. The summed E-state index contributed by atoms with van der Waals surface area (Å²) in [5.74, 6) is -1.27. The van der Waals surface area contributed by atoms with E-state index < -0.39 is 5.97 Å². The summed E-state index contributed by atoms with van der Waals surface area (Å²) in [7, 11) is 0. The van der Waals surface area contributed by atoms with Gasteiger partial charge in [-0.25, -0.2) is 4.39 Å². The molecule has 0 saturated heterocycles. The summed E-state index contributed by atoms with van der Waals surface area (Å²) < 4.78 is 12.7. The minimum atomic E-state index is -0.895. The van der Waals surface area contributed by atoms with Crippen LogP contribution in [0.25, 0.3) is 0 Å². The Kier molecular flexibility index (Phi) is 3.31. The summed E-state index contributed by atoms with van der Waals surface area (Å²) >= 11 is 1.13. The molecular formula is C9H9FO2S. The Hall–Kier alpha value is -1.03. The van der Waals surface area contributed by atoms with Gasteiger partial charge in [-0.15, -0.1) is 11.8 Å². The van der Waals surface area contributed by atoms with Gasteiger partial charge in [0.15, 0.2) is 0 Å². The summed E-state index contributed by atoms with van der Waals surface area (Å²) in [4.78, 5) is 10.9. The maximum atomic E-state index is 12.7. The Balaban J connectivity index is 2.75. The summed E-state index contributed by atoms with van der Waals surface area (Å²) in [5.41, 5.74) is 0.896. The van der Waals surface area contributed by atoms with Crippen LogP contribution in [0.3, 0.4) is 0 Å². The number of aryl methyl sites for hydroxylation is 1. The fourth-order valence-electron chi connectivity index (χ4n) is 0.869. The van der Waals surface area contributed by atoms with E-state index in [9.17, 15) is 9.18 Å². The largest absolute Gasteiger partial charge is 0.481 e. The van der Waals surface area contributed by atoms with Crippen LogP contribution in [0, 0.1) is 12.7 Å². The first-order valence-corrected chi connectivity index (χ1v) is 4.69. The van der Waals surface area contributed by atoms with E-state index in [-0.39, 0.29) is 11.6 Å². The minimum absolute atomic E-state index is 0.0374. The van der Waals surface area contributed by atoms with Crippen molar-refractivity contribution in [2.24, 2.45) is 0 Å². The molecule has 70 valence electrons. The molecule has 1 aromatic rings. The molecule has 1 rings (SSSR count). The summed E-state index contributed by atoms with van der Waals surface area (Å²) in [5, 5.41) is 8.42. The van der Waals surface area contributed by atoms with Crippen LogP contribution in [0.2, 0.25) is 0 Å². The Labute approximate surface area is 79.8 Å². The lowest BCUT2D eigenvalue weighted by atomic mass is 10.2. The normalized spacial score (nSPS) is 10.0. The van der Waals surface area contributed by atoms with Crippen LogP contribution in [0.15, 0.2) is 23.1 Å². The molecule has 4 heteroatoms. The molecule has 0 heterocycles. The number of rotatable bonds is 3. The molecule has 0 radical (unpaired) electrons. The lowest BCUT2D eigenvalue weighted by Crippen LogP contribution is -1.98. The van der Waals surface area contributed by atoms with E-state index in [4.69, 9.17) is 5.11 Å². The van der Waals surface area contributed by atoms with Crippen molar-refractivity contribution < 1.29 is 14.3 Å². The summed E-state index contributed by atoms with van der Waals surface area (Å²) in [6.45, 7) is 1.82. The zero-order chi connectivity index (χ0) is 9.84. The third-order valence-electron chi connectivity index (χ3n) is 1.50. The van der Waals surface area contributed by atoms with E-state index in [0.29, 0.717) is 4.90 Å². The van der Waals surface area contributed by atoms with Crippen LogP contribution >= 0.6 is 11.8 Å². The van der Waals surface area contributed by atoms with E-state index in [0.717, 1.165) is 17.3 Å². The molecule has 1 aromatic carbocycles. The SMILES string of the molecule is Cc1ccc(F)cc1SCC(=O)O. The molecule has 0 saturated carbocycles. The Morgan fingerprint density at radius 2 is 2.31 bits per heavy atom. The van der Waals surface area contributed by atoms with Crippen LogP contribution in [0.4, 0.5) is 4.39 Å². The average Bonchev–Trinajstić information content (AvgIpc) is 2.06. The van der Waals surface area contributed by atoms with Crippen LogP contribution in [-0.2, 0) is 4.79 Å². The lowest BCUT2D eigenvalue weighted by molar-refractivity contribution is -0.133. The van der Waals surface area contributed by atoms with Crippen LogP contribution in [0.5, 0.6) is 0 Å². The van der Waals surface area contributed by atoms with E-state index in [1.165, 1.54) is 12.1 Å². The van der Waals surface area contributed by atoms with Crippen molar-refractivity contribution in [3.63, 3.8) is 0 Å². The fraction of sp³-hybridized carbons (Fsp3) is 0.222. The van der Waals surface area contributed by atoms with Crippen molar-refractivity contribution in [1.29, 1.82) is 0 Å². The molecule has 0 aliphatic rings. The second kappa shape index (κ2) is 4.28. The predicted octanol–water partition coefficient (Wildman–Crippen LogP) is 2.31. The van der Waals surface area contributed by atoms with Gasteiger partial charge in [0.25, 0.3) is 0 Å². The van der Waals surface area contributed by atoms with Crippen molar-refractivity contribution in [3.05, 3.63) is 29.6 Å². The summed E-state index contributed by atoms with van der Waals surface area (Å²) in [6.07, 6.45) is 0. The second-order valence-corrected chi connectivity index (χ2v) is 3.61. The van der Waals surface area contributed by atoms with Gasteiger partial charge in [0, 0.05) is 4.90 Å². The number of thioether (sulfide) groups is 1. The molecule has 2 nitrogen and oxygen atoms in total. The first kappa shape index (κ1) is 10.1. The van der Waals surface area contributed by atoms with Crippen molar-refractivity contribution >= 4 is 17.7 Å². The maximum Gasteiger partial charge on any atom is 0.313 e. The number of aliphatic carboxylic acids is 1. The van der Waals surface area contributed by atoms with Crippen molar-refractivity contribution in [2.75, 3.05) is 5.75 Å². The third kappa shape index (κ3) is 3.06. The van der Waals surface area contributed by atoms with Gasteiger partial charge in [-0.2, -0.15) is 0 Å². The second-order valence-electron chi connectivity index (χ2n) is 2.59. The number of benzene rings is 1. The van der Waals surface area contributed by atoms with Gasteiger partial charge in [-0.05, 0) is 24.6 Å². The number of carboxylic acid groups (broad SMARTS) is 1. The number of carboxylic acids is 1. The smallest absolute Gasteiger partial charge is 0.313 e. The first-order valence-electron chi connectivity index (χ1n) is 3.70. The number of halogens is 1. The molecule has 13 heavy (non-hydrogen) atoms. The standard InChI is InChI=1S/C9H9FO2S/c1-6-2-3-7(10)4-8(6)13-5-9(11)12/h2-4H,5H2,1H3,(H,11,12). The molecular weight excluding hydrogens is 191 g/mol. The van der Waals surface area contributed by atoms with Gasteiger partial charge in [0.1, 0.15) is 5.82 Å². The molecule has 0 aliphatic carbocycles. The Morgan fingerprint density at radius 3 is 2.92 bits per heavy atom. The fourth-order valence-corrected chi connectivity index (χ4v) is 1.64. The Morgan fingerprint density at radius 1 is 1.62 bits per heavy atom. The van der Waals surface area contributed by atoms with Gasteiger partial charge < -0.3 is 5.11 Å². The molecule has 1 N–H and O–H groups in total. The van der Waals surface area contributed by atoms with Gasteiger partial charge >= 0.3 is 5.97 Å². The monoisotopic (exact) mass is 200 g/mol. The predicted molar refractivity (Wildman–Crippen MR) is 49.5 cm³/mol. The number of carbonyl (C=O) groups is 1. The van der Waals surface area contributed by atoms with Gasteiger partial charge in [-0.3, -0.25) is 4.79 Å². The average molecular weight is 200 g/mol. The van der Waals surface area contributed by atoms with Crippen molar-refractivity contribution in [1.82, 2.24) is 0 Å². The molecule has 0 atom stereocenters. The zero-order valence-electron chi connectivity index (χ0n) is 7.08. The van der Waals surface area contributed by atoms with Gasteiger partial charge in [0.05, 0.1) is 5.75 Å². The highest BCUT2D eigenvalue weighted by Crippen LogP contribution is 2.22. The Bertz CT molecular complexity index is 325. The van der Waals surface area contributed by atoms with E-state index in [1.807, 2.05) is 6.92 Å². The molecule has 0 unspecified atom stereocenters. The van der Waals surface area contributed by atoms with E-state index in [1.54, 1.807) is 6.07 Å². The highest BCUT2D eigenvalue weighted by Gasteiger charge is 2.03. The first-order chi connectivity index (χ1) is 6.09. The molecule has 0 amide bonds. The topological polar surface area (TPSA) is 37.3 Å². The van der Waals surface area contributed by atoms with Crippen molar-refractivity contribution in [2.45, 2.75) is 11.8 Å². The van der Waals surface area contributed by atoms with Crippen molar-refractivity contribution in [3.8, 4) is 0 Å². The lowest BCUT2D eigenvalue weighted by Gasteiger charge is -2.02. The van der Waals surface area contributed by atoms with Crippen LogP contribution in [-0.4, -0.2) is 16.8 Å². The molecule has 0 fully saturated rings. The maximum absolute atomic E-state index is 12.7. The number of hydrogen-bond donors (Lipinski definition) is 1. The third-order valence-corrected chi connectivity index (χ3v) is 2.64. The zero-order valence-corrected chi connectivity index (χ0v) is 7.90. The highest BCUT2D eigenvalue weighted by molar-refractivity contribution is 8.00. The molecule has 0 aliphatic heterocycles. The minimum Gasteiger partial charge on any atom is -0.481 e. The van der Waals surface area contributed by atoms with Crippen LogP contribution in [0.1, 0.15) is 5.56 Å².